The van der Waals surface area contributed by atoms with Crippen molar-refractivity contribution >= 4 is 39.5 Å². The predicted molar refractivity (Wildman–Crippen MR) is 120 cm³/mol. The highest BCUT2D eigenvalue weighted by molar-refractivity contribution is 7.10. The van der Waals surface area contributed by atoms with Gasteiger partial charge >= 0.3 is 0 Å². The highest BCUT2D eigenvalue weighted by atomic mass is 32.1. The molecular formula is C22H22N6OS. The molecule has 0 aliphatic heterocycles. The summed E-state index contributed by atoms with van der Waals surface area (Å²) in [6.07, 6.45) is 0. The normalized spacial score (nSPS) is 10.7. The molecular weight excluding hydrogens is 396 g/mol. The number of amides is 1. The van der Waals surface area contributed by atoms with Crippen molar-refractivity contribution in [2.45, 2.75) is 27.3 Å². The molecule has 0 radical (unpaired) electrons. The zero-order valence-corrected chi connectivity index (χ0v) is 17.9. The maximum absolute atomic E-state index is 11.7. The molecule has 3 aromatic rings. The standard InChI is InChI=1S/C22H22N6OS/c1-4-28(14-17-8-6-5-7-9-17)18-10-11-20(21(12-18)24-16(3)29)25-26-22-19(13-23)15(2)27-30-22/h5-12H,4,14H2,1-3H3,(H,24,29)/b26-25+. The summed E-state index contributed by atoms with van der Waals surface area (Å²) in [7, 11) is 0. The molecule has 1 amide bonds. The third-order valence-corrected chi connectivity index (χ3v) is 5.28. The van der Waals surface area contributed by atoms with Crippen LogP contribution in [0.5, 0.6) is 0 Å². The van der Waals surface area contributed by atoms with Gasteiger partial charge in [-0.15, -0.1) is 10.2 Å². The summed E-state index contributed by atoms with van der Waals surface area (Å²) in [5.41, 5.74) is 4.30. The van der Waals surface area contributed by atoms with Crippen LogP contribution in [-0.2, 0) is 11.3 Å². The van der Waals surface area contributed by atoms with Crippen molar-refractivity contribution in [3.8, 4) is 6.07 Å². The molecule has 0 fully saturated rings. The van der Waals surface area contributed by atoms with Crippen molar-refractivity contribution in [3.05, 3.63) is 65.4 Å². The van der Waals surface area contributed by atoms with Crippen LogP contribution in [0.1, 0.15) is 30.7 Å². The lowest BCUT2D eigenvalue weighted by atomic mass is 10.1. The van der Waals surface area contributed by atoms with E-state index in [-0.39, 0.29) is 5.91 Å². The number of nitrogens with zero attached hydrogens (tertiary/aromatic N) is 5. The SMILES string of the molecule is CCN(Cc1ccccc1)c1ccc(/N=N/c2snc(C)c2C#N)c(NC(C)=O)c1. The Hall–Kier alpha value is -3.57. The molecule has 1 heterocycles. The van der Waals surface area contributed by atoms with Crippen molar-refractivity contribution in [2.24, 2.45) is 10.2 Å². The number of hydrogen-bond donors (Lipinski definition) is 1. The molecule has 0 spiro atoms. The van der Waals surface area contributed by atoms with E-state index in [4.69, 9.17) is 0 Å². The highest BCUT2D eigenvalue weighted by Gasteiger charge is 2.12. The van der Waals surface area contributed by atoms with Gasteiger partial charge in [0.15, 0.2) is 5.00 Å². The Bertz CT molecular complexity index is 1100. The number of rotatable bonds is 7. The fraction of sp³-hybridized carbons (Fsp3) is 0.227. The molecule has 7 nitrogen and oxygen atoms in total. The van der Waals surface area contributed by atoms with E-state index in [0.717, 1.165) is 30.3 Å². The average Bonchev–Trinajstić information content (AvgIpc) is 3.10. The molecule has 0 saturated heterocycles. The van der Waals surface area contributed by atoms with Crippen LogP contribution in [0, 0.1) is 18.3 Å². The first kappa shape index (κ1) is 21.1. The van der Waals surface area contributed by atoms with Crippen molar-refractivity contribution in [3.63, 3.8) is 0 Å². The van der Waals surface area contributed by atoms with Crippen molar-refractivity contribution in [1.82, 2.24) is 4.37 Å². The van der Waals surface area contributed by atoms with Gasteiger partial charge in [-0.3, -0.25) is 4.79 Å². The molecule has 3 rings (SSSR count). The fourth-order valence-electron chi connectivity index (χ4n) is 2.94. The van der Waals surface area contributed by atoms with E-state index in [1.165, 1.54) is 12.5 Å². The third kappa shape index (κ3) is 5.07. The van der Waals surface area contributed by atoms with E-state index in [1.54, 1.807) is 6.92 Å². The Morgan fingerprint density at radius 1 is 1.23 bits per heavy atom. The number of carbonyl (C=O) groups excluding carboxylic acids is 1. The van der Waals surface area contributed by atoms with E-state index in [9.17, 15) is 10.1 Å². The number of azo groups is 1. The topological polar surface area (TPSA) is 93.7 Å². The Kier molecular flexibility index (Phi) is 6.88. The second-order valence-electron chi connectivity index (χ2n) is 6.64. The van der Waals surface area contributed by atoms with E-state index >= 15 is 0 Å². The number of carbonyl (C=O) groups is 1. The number of benzene rings is 2. The summed E-state index contributed by atoms with van der Waals surface area (Å²) in [4.78, 5) is 13.9. The summed E-state index contributed by atoms with van der Waals surface area (Å²) in [5.74, 6) is -0.193. The quantitative estimate of drug-likeness (QED) is 0.496. The van der Waals surface area contributed by atoms with Gasteiger partial charge < -0.3 is 10.2 Å². The monoisotopic (exact) mass is 418 g/mol. The number of aryl methyl sites for hydroxylation is 1. The fourth-order valence-corrected chi connectivity index (χ4v) is 3.62. The maximum Gasteiger partial charge on any atom is 0.221 e. The lowest BCUT2D eigenvalue weighted by Crippen LogP contribution is -2.22. The first-order valence-corrected chi connectivity index (χ1v) is 10.3. The van der Waals surface area contributed by atoms with Gasteiger partial charge in [0.25, 0.3) is 0 Å². The lowest BCUT2D eigenvalue weighted by molar-refractivity contribution is -0.114. The Balaban J connectivity index is 1.92. The van der Waals surface area contributed by atoms with Gasteiger partial charge in [0.1, 0.15) is 17.3 Å². The average molecular weight is 419 g/mol. The Morgan fingerprint density at radius 3 is 2.67 bits per heavy atom. The molecule has 1 N–H and O–H groups in total. The van der Waals surface area contributed by atoms with Crippen LogP contribution >= 0.6 is 11.5 Å². The van der Waals surface area contributed by atoms with Gasteiger partial charge in [0.05, 0.1) is 11.4 Å². The number of hydrogen-bond acceptors (Lipinski definition) is 7. The first-order chi connectivity index (χ1) is 14.5. The Labute approximate surface area is 179 Å². The third-order valence-electron chi connectivity index (χ3n) is 4.46. The summed E-state index contributed by atoms with van der Waals surface area (Å²) in [5, 5.41) is 21.0. The molecule has 0 aliphatic rings. The van der Waals surface area contributed by atoms with Crippen LogP contribution in [0.3, 0.4) is 0 Å². The second kappa shape index (κ2) is 9.76. The molecule has 2 aromatic carbocycles. The van der Waals surface area contributed by atoms with E-state index in [1.807, 2.05) is 36.4 Å². The van der Waals surface area contributed by atoms with Crippen LogP contribution in [0.25, 0.3) is 0 Å². The van der Waals surface area contributed by atoms with Gasteiger partial charge in [-0.25, -0.2) is 0 Å². The molecule has 0 atom stereocenters. The van der Waals surface area contributed by atoms with Crippen LogP contribution < -0.4 is 10.2 Å². The smallest absolute Gasteiger partial charge is 0.221 e. The first-order valence-electron chi connectivity index (χ1n) is 9.50. The van der Waals surface area contributed by atoms with Gasteiger partial charge in [-0.05, 0) is 49.1 Å². The predicted octanol–water partition coefficient (Wildman–Crippen LogP) is 5.72. The number of nitriles is 1. The summed E-state index contributed by atoms with van der Waals surface area (Å²) < 4.78 is 4.15. The minimum atomic E-state index is -0.193. The molecule has 30 heavy (non-hydrogen) atoms. The summed E-state index contributed by atoms with van der Waals surface area (Å²) in [6, 6.07) is 18.0. The van der Waals surface area contributed by atoms with Crippen LogP contribution in [0.2, 0.25) is 0 Å². The van der Waals surface area contributed by atoms with Crippen molar-refractivity contribution in [2.75, 3.05) is 16.8 Å². The Morgan fingerprint density at radius 2 is 2.00 bits per heavy atom. The molecule has 0 unspecified atom stereocenters. The van der Waals surface area contributed by atoms with E-state index in [2.05, 4.69) is 49.9 Å². The number of nitrogens with one attached hydrogen (secondary N) is 1. The van der Waals surface area contributed by atoms with Gasteiger partial charge in [0.2, 0.25) is 5.91 Å². The highest BCUT2D eigenvalue weighted by Crippen LogP contribution is 2.34. The molecule has 152 valence electrons. The summed E-state index contributed by atoms with van der Waals surface area (Å²) >= 11 is 1.12. The number of anilines is 2. The van der Waals surface area contributed by atoms with Gasteiger partial charge in [-0.1, -0.05) is 30.3 Å². The largest absolute Gasteiger partial charge is 0.367 e. The maximum atomic E-state index is 11.7. The van der Waals surface area contributed by atoms with E-state index in [0.29, 0.717) is 27.6 Å². The molecule has 0 saturated carbocycles. The van der Waals surface area contributed by atoms with Gasteiger partial charge in [0, 0.05) is 25.7 Å². The van der Waals surface area contributed by atoms with Crippen LogP contribution in [0.4, 0.5) is 22.1 Å². The molecule has 1 aromatic heterocycles. The van der Waals surface area contributed by atoms with Crippen LogP contribution in [-0.4, -0.2) is 16.8 Å². The minimum Gasteiger partial charge on any atom is -0.367 e. The summed E-state index contributed by atoms with van der Waals surface area (Å²) in [6.45, 7) is 6.86. The second-order valence-corrected chi connectivity index (χ2v) is 7.39. The molecule has 8 heteroatoms. The lowest BCUT2D eigenvalue weighted by Gasteiger charge is -2.24. The number of aromatic nitrogens is 1. The van der Waals surface area contributed by atoms with Crippen LogP contribution in [0.15, 0.2) is 58.8 Å². The van der Waals surface area contributed by atoms with Gasteiger partial charge in [-0.2, -0.15) is 9.64 Å². The van der Waals surface area contributed by atoms with Crippen molar-refractivity contribution in [1.29, 1.82) is 5.26 Å². The zero-order chi connectivity index (χ0) is 21.5. The minimum absolute atomic E-state index is 0.193. The van der Waals surface area contributed by atoms with E-state index < -0.39 is 0 Å². The molecule has 0 aliphatic carbocycles. The van der Waals surface area contributed by atoms with Crippen molar-refractivity contribution < 1.29 is 4.79 Å². The zero-order valence-electron chi connectivity index (χ0n) is 17.1. The molecule has 0 bridgehead atoms.